The lowest BCUT2D eigenvalue weighted by Gasteiger charge is -2.30. The molecule has 0 radical (unpaired) electrons. The summed E-state index contributed by atoms with van der Waals surface area (Å²) in [4.78, 5) is 0. The fraction of sp³-hybridized carbons (Fsp3) is 0.250. The van der Waals surface area contributed by atoms with E-state index >= 15 is 0 Å². The van der Waals surface area contributed by atoms with Crippen molar-refractivity contribution in [3.8, 4) is 22.8 Å². The molecular formula is C20H21N3O2. The predicted octanol–water partition coefficient (Wildman–Crippen LogP) is 4.24. The minimum atomic E-state index is -0.155. The van der Waals surface area contributed by atoms with Crippen molar-refractivity contribution in [3.05, 3.63) is 59.3 Å². The molecule has 0 saturated heterocycles. The molecule has 2 heterocycles. The molecule has 3 aromatic rings. The van der Waals surface area contributed by atoms with Gasteiger partial charge in [0.05, 0.1) is 18.0 Å². The van der Waals surface area contributed by atoms with Gasteiger partial charge in [-0.25, -0.2) is 4.68 Å². The van der Waals surface area contributed by atoms with Gasteiger partial charge < -0.3 is 15.2 Å². The van der Waals surface area contributed by atoms with Gasteiger partial charge in [-0.2, -0.15) is 5.10 Å². The number of phenols is 1. The summed E-state index contributed by atoms with van der Waals surface area (Å²) in [6.07, 6.45) is -0.155. The van der Waals surface area contributed by atoms with Gasteiger partial charge in [0.1, 0.15) is 6.17 Å². The number of fused-ring (bicyclic) bond motifs is 3. The maximum absolute atomic E-state index is 10.00. The van der Waals surface area contributed by atoms with E-state index in [4.69, 9.17) is 4.74 Å². The monoisotopic (exact) mass is 335 g/mol. The second kappa shape index (κ2) is 5.84. The molecule has 0 amide bonds. The van der Waals surface area contributed by atoms with Crippen LogP contribution in [0.15, 0.2) is 42.5 Å². The van der Waals surface area contributed by atoms with Crippen LogP contribution in [0.3, 0.4) is 0 Å². The van der Waals surface area contributed by atoms with Crippen molar-refractivity contribution in [1.29, 1.82) is 0 Å². The van der Waals surface area contributed by atoms with Gasteiger partial charge in [0, 0.05) is 16.8 Å². The molecule has 1 atom stereocenters. The Morgan fingerprint density at radius 1 is 1.20 bits per heavy atom. The molecule has 1 aliphatic rings. The number of anilines is 1. The maximum Gasteiger partial charge on any atom is 0.161 e. The summed E-state index contributed by atoms with van der Waals surface area (Å²) in [5.41, 5.74) is 6.51. The third-order valence-electron chi connectivity index (χ3n) is 4.53. The Morgan fingerprint density at radius 2 is 2.04 bits per heavy atom. The molecule has 1 aliphatic heterocycles. The first-order valence-electron chi connectivity index (χ1n) is 8.47. The van der Waals surface area contributed by atoms with E-state index in [1.807, 2.05) is 30.7 Å². The van der Waals surface area contributed by atoms with E-state index in [0.717, 1.165) is 28.2 Å². The molecule has 0 bridgehead atoms. The summed E-state index contributed by atoms with van der Waals surface area (Å²) >= 11 is 0. The third kappa shape index (κ3) is 2.52. The Kier molecular flexibility index (Phi) is 3.64. The molecule has 2 aromatic carbocycles. The molecule has 0 unspecified atom stereocenters. The number of aromatic hydroxyl groups is 1. The van der Waals surface area contributed by atoms with Gasteiger partial charge in [-0.3, -0.25) is 0 Å². The topological polar surface area (TPSA) is 59.3 Å². The Balaban J connectivity index is 1.87. The maximum atomic E-state index is 10.00. The van der Waals surface area contributed by atoms with Crippen LogP contribution in [0.5, 0.6) is 11.5 Å². The molecule has 25 heavy (non-hydrogen) atoms. The smallest absolute Gasteiger partial charge is 0.161 e. The van der Waals surface area contributed by atoms with Crippen LogP contribution in [-0.4, -0.2) is 21.5 Å². The lowest BCUT2D eigenvalue weighted by Crippen LogP contribution is -2.26. The van der Waals surface area contributed by atoms with Gasteiger partial charge in [0.2, 0.25) is 0 Å². The van der Waals surface area contributed by atoms with Gasteiger partial charge in [-0.1, -0.05) is 24.3 Å². The number of aromatic nitrogens is 2. The highest BCUT2D eigenvalue weighted by atomic mass is 16.5. The number of rotatable bonds is 3. The lowest BCUT2D eigenvalue weighted by molar-refractivity contribution is 0.317. The van der Waals surface area contributed by atoms with E-state index in [0.29, 0.717) is 12.4 Å². The van der Waals surface area contributed by atoms with Crippen molar-refractivity contribution in [1.82, 2.24) is 9.78 Å². The van der Waals surface area contributed by atoms with Crippen LogP contribution in [-0.2, 0) is 0 Å². The highest BCUT2D eigenvalue weighted by Gasteiger charge is 2.27. The zero-order valence-electron chi connectivity index (χ0n) is 14.6. The Morgan fingerprint density at radius 3 is 2.84 bits per heavy atom. The minimum Gasteiger partial charge on any atom is -0.504 e. The molecule has 5 nitrogen and oxygen atoms in total. The van der Waals surface area contributed by atoms with E-state index in [1.165, 1.54) is 5.56 Å². The highest BCUT2D eigenvalue weighted by Crippen LogP contribution is 2.41. The molecular weight excluding hydrogens is 314 g/mol. The number of aryl methyl sites for hydroxylation is 2. The number of ether oxygens (including phenoxy) is 1. The van der Waals surface area contributed by atoms with E-state index in [-0.39, 0.29) is 11.9 Å². The number of para-hydroxylation sites is 1. The zero-order valence-corrected chi connectivity index (χ0v) is 14.6. The normalized spacial score (nSPS) is 15.2. The molecule has 128 valence electrons. The lowest BCUT2D eigenvalue weighted by atomic mass is 10.0. The summed E-state index contributed by atoms with van der Waals surface area (Å²) in [6.45, 7) is 6.51. The van der Waals surface area contributed by atoms with E-state index < -0.39 is 0 Å². The Labute approximate surface area is 146 Å². The fourth-order valence-electron chi connectivity index (χ4n) is 3.38. The largest absolute Gasteiger partial charge is 0.504 e. The SMILES string of the molecule is CCOc1cc([C@H]2Nc3c(C)cccc3-c3cc(C)nn32)ccc1O. The van der Waals surface area contributed by atoms with Crippen molar-refractivity contribution >= 4 is 5.69 Å². The number of nitrogens with one attached hydrogen (secondary N) is 1. The minimum absolute atomic E-state index is 0.148. The van der Waals surface area contributed by atoms with Crippen molar-refractivity contribution in [2.45, 2.75) is 26.9 Å². The number of hydrogen-bond donors (Lipinski definition) is 2. The van der Waals surface area contributed by atoms with Gasteiger partial charge in [0.25, 0.3) is 0 Å². The summed E-state index contributed by atoms with van der Waals surface area (Å²) in [6, 6.07) is 13.8. The van der Waals surface area contributed by atoms with E-state index in [9.17, 15) is 5.11 Å². The average Bonchev–Trinajstić information content (AvgIpc) is 2.99. The van der Waals surface area contributed by atoms with Gasteiger partial charge >= 0.3 is 0 Å². The van der Waals surface area contributed by atoms with Crippen LogP contribution in [0, 0.1) is 13.8 Å². The average molecular weight is 335 g/mol. The van der Waals surface area contributed by atoms with Crippen LogP contribution >= 0.6 is 0 Å². The van der Waals surface area contributed by atoms with Crippen LogP contribution < -0.4 is 10.1 Å². The summed E-state index contributed by atoms with van der Waals surface area (Å²) < 4.78 is 7.55. The number of benzene rings is 2. The number of hydrogen-bond acceptors (Lipinski definition) is 4. The second-order valence-corrected chi connectivity index (χ2v) is 6.32. The van der Waals surface area contributed by atoms with Crippen LogP contribution in [0.1, 0.15) is 29.9 Å². The van der Waals surface area contributed by atoms with Gasteiger partial charge in [-0.15, -0.1) is 0 Å². The second-order valence-electron chi connectivity index (χ2n) is 6.32. The van der Waals surface area contributed by atoms with Gasteiger partial charge in [-0.05, 0) is 44.5 Å². The Bertz CT molecular complexity index is 946. The van der Waals surface area contributed by atoms with Crippen LogP contribution in [0.2, 0.25) is 0 Å². The van der Waals surface area contributed by atoms with Crippen molar-refractivity contribution in [2.75, 3.05) is 11.9 Å². The van der Waals surface area contributed by atoms with Crippen molar-refractivity contribution < 1.29 is 9.84 Å². The molecule has 4 rings (SSSR count). The molecule has 0 saturated carbocycles. The molecule has 1 aromatic heterocycles. The summed E-state index contributed by atoms with van der Waals surface area (Å²) in [5, 5.41) is 18.3. The summed E-state index contributed by atoms with van der Waals surface area (Å²) in [5.74, 6) is 0.637. The standard InChI is InChI=1S/C20H21N3O2/c1-4-25-18-11-14(8-9-17(18)24)20-21-19-12(2)6-5-7-15(19)16-10-13(3)22-23(16)20/h5-11,20-21,24H,4H2,1-3H3/t20-/m0/s1. The Hall–Kier alpha value is -2.95. The molecule has 5 heteroatoms. The third-order valence-corrected chi connectivity index (χ3v) is 4.53. The van der Waals surface area contributed by atoms with E-state index in [1.54, 1.807) is 6.07 Å². The number of phenolic OH excluding ortho intramolecular Hbond substituents is 1. The molecule has 0 aliphatic carbocycles. The fourth-order valence-corrected chi connectivity index (χ4v) is 3.38. The molecule has 2 N–H and O–H groups in total. The first-order chi connectivity index (χ1) is 12.1. The molecule has 0 spiro atoms. The van der Waals surface area contributed by atoms with Crippen LogP contribution in [0.25, 0.3) is 11.3 Å². The van der Waals surface area contributed by atoms with E-state index in [2.05, 4.69) is 41.6 Å². The van der Waals surface area contributed by atoms with Crippen molar-refractivity contribution in [2.24, 2.45) is 0 Å². The van der Waals surface area contributed by atoms with Crippen molar-refractivity contribution in [3.63, 3.8) is 0 Å². The number of nitrogens with zero attached hydrogens (tertiary/aromatic N) is 2. The zero-order chi connectivity index (χ0) is 17.6. The predicted molar refractivity (Wildman–Crippen MR) is 98.2 cm³/mol. The first-order valence-corrected chi connectivity index (χ1v) is 8.47. The van der Waals surface area contributed by atoms with Gasteiger partial charge in [0.15, 0.2) is 11.5 Å². The highest BCUT2D eigenvalue weighted by molar-refractivity contribution is 5.81. The van der Waals surface area contributed by atoms with Crippen LogP contribution in [0.4, 0.5) is 5.69 Å². The first kappa shape index (κ1) is 15.6. The summed E-state index contributed by atoms with van der Waals surface area (Å²) in [7, 11) is 0. The molecule has 0 fully saturated rings. The quantitative estimate of drug-likeness (QED) is 0.751.